The molecule has 0 bridgehead atoms. The number of nitrogens with zero attached hydrogens (tertiary/aromatic N) is 4. The second-order valence-corrected chi connectivity index (χ2v) is 7.02. The van der Waals surface area contributed by atoms with Crippen LogP contribution in [0.15, 0.2) is 33.3 Å². The van der Waals surface area contributed by atoms with Gasteiger partial charge in [0.25, 0.3) is 5.22 Å². The molecule has 3 aromatic rings. The molecule has 0 saturated carbocycles. The van der Waals surface area contributed by atoms with Crippen LogP contribution in [0.1, 0.15) is 16.6 Å². The van der Waals surface area contributed by atoms with E-state index in [0.29, 0.717) is 23.2 Å². The van der Waals surface area contributed by atoms with Crippen molar-refractivity contribution in [3.05, 3.63) is 45.5 Å². The fraction of sp³-hybridized carbons (Fsp3) is 0.214. The fourth-order valence-electron chi connectivity index (χ4n) is 1.81. The average Bonchev–Trinajstić information content (AvgIpc) is 3.17. The van der Waals surface area contributed by atoms with Crippen molar-refractivity contribution in [2.45, 2.75) is 18.6 Å². The molecule has 0 aliphatic carbocycles. The molecule has 3 aromatic heterocycles. The van der Waals surface area contributed by atoms with E-state index in [4.69, 9.17) is 16.0 Å². The monoisotopic (exact) mass is 381 g/mol. The minimum atomic E-state index is -0.232. The molecular formula is C14H12ClN5O2S2. The molecule has 0 aromatic carbocycles. The van der Waals surface area contributed by atoms with Gasteiger partial charge in [-0.25, -0.2) is 9.97 Å². The number of carbonyl (C=O) groups is 1. The summed E-state index contributed by atoms with van der Waals surface area (Å²) in [4.78, 5) is 20.2. The van der Waals surface area contributed by atoms with Gasteiger partial charge in [-0.3, -0.25) is 4.79 Å². The van der Waals surface area contributed by atoms with Crippen LogP contribution in [0.2, 0.25) is 5.15 Å². The van der Waals surface area contributed by atoms with E-state index < -0.39 is 0 Å². The molecule has 3 rings (SSSR count). The maximum absolute atomic E-state index is 11.9. The Balaban J connectivity index is 1.51. The highest BCUT2D eigenvalue weighted by molar-refractivity contribution is 7.99. The molecule has 0 atom stereocenters. The molecular weight excluding hydrogens is 370 g/mol. The minimum absolute atomic E-state index is 0.128. The van der Waals surface area contributed by atoms with E-state index in [2.05, 4.69) is 25.5 Å². The van der Waals surface area contributed by atoms with Gasteiger partial charge in [-0.1, -0.05) is 23.4 Å². The Kier molecular flexibility index (Phi) is 5.44. The first kappa shape index (κ1) is 16.9. The quantitative estimate of drug-likeness (QED) is 0.517. The molecule has 0 saturated heterocycles. The highest BCUT2D eigenvalue weighted by Crippen LogP contribution is 2.21. The summed E-state index contributed by atoms with van der Waals surface area (Å²) in [5.74, 6) is 0.367. The number of thiazole rings is 1. The van der Waals surface area contributed by atoms with Crippen LogP contribution in [0.5, 0.6) is 0 Å². The molecule has 3 heterocycles. The molecule has 24 heavy (non-hydrogen) atoms. The zero-order valence-electron chi connectivity index (χ0n) is 12.5. The lowest BCUT2D eigenvalue weighted by Crippen LogP contribution is -2.14. The molecule has 0 radical (unpaired) electrons. The van der Waals surface area contributed by atoms with Crippen molar-refractivity contribution in [1.82, 2.24) is 20.2 Å². The number of carbonyl (C=O) groups excluding carboxylic acids is 1. The standard InChI is InChI=1S/C14H12ClN5O2S2/c1-8-17-9(6-23-8)5-12-19-20-14(22-12)24-7-11(21)18-10-3-2-4-16-13(10)15/h2-4,6H,5,7H2,1H3,(H,18,21). The Morgan fingerprint density at radius 1 is 1.46 bits per heavy atom. The summed E-state index contributed by atoms with van der Waals surface area (Å²) in [6.45, 7) is 1.94. The molecule has 1 amide bonds. The first-order valence-electron chi connectivity index (χ1n) is 6.86. The van der Waals surface area contributed by atoms with Crippen LogP contribution >= 0.6 is 34.7 Å². The van der Waals surface area contributed by atoms with Gasteiger partial charge in [-0.15, -0.1) is 21.5 Å². The Labute approximate surface area is 150 Å². The number of thioether (sulfide) groups is 1. The van der Waals surface area contributed by atoms with Crippen LogP contribution in [0.25, 0.3) is 0 Å². The van der Waals surface area contributed by atoms with Crippen molar-refractivity contribution >= 4 is 46.3 Å². The summed E-state index contributed by atoms with van der Waals surface area (Å²) in [6, 6.07) is 3.37. The maximum atomic E-state index is 11.9. The summed E-state index contributed by atoms with van der Waals surface area (Å²) in [7, 11) is 0. The second kappa shape index (κ2) is 7.73. The van der Waals surface area contributed by atoms with Gasteiger partial charge >= 0.3 is 0 Å². The number of aromatic nitrogens is 4. The number of nitrogens with one attached hydrogen (secondary N) is 1. The molecule has 0 aliphatic heterocycles. The third-order valence-corrected chi connectivity index (χ3v) is 4.75. The van der Waals surface area contributed by atoms with Crippen molar-refractivity contribution < 1.29 is 9.21 Å². The van der Waals surface area contributed by atoms with Crippen LogP contribution in [0, 0.1) is 6.92 Å². The molecule has 7 nitrogen and oxygen atoms in total. The molecule has 124 valence electrons. The SMILES string of the molecule is Cc1nc(Cc2nnc(SCC(=O)Nc3cccnc3Cl)o2)cs1. The first-order valence-corrected chi connectivity index (χ1v) is 9.11. The van der Waals surface area contributed by atoms with E-state index in [9.17, 15) is 4.79 Å². The summed E-state index contributed by atoms with van der Waals surface area (Å²) < 4.78 is 5.51. The third-order valence-electron chi connectivity index (χ3n) is 2.81. The average molecular weight is 382 g/mol. The predicted molar refractivity (Wildman–Crippen MR) is 92.6 cm³/mol. The smallest absolute Gasteiger partial charge is 0.277 e. The fourth-order valence-corrected chi connectivity index (χ4v) is 3.16. The van der Waals surface area contributed by atoms with E-state index in [-0.39, 0.29) is 16.8 Å². The van der Waals surface area contributed by atoms with Crippen LogP contribution in [-0.2, 0) is 11.2 Å². The zero-order valence-corrected chi connectivity index (χ0v) is 14.9. The Bertz CT molecular complexity index is 851. The highest BCUT2D eigenvalue weighted by atomic mass is 35.5. The molecule has 1 N–H and O–H groups in total. The highest BCUT2D eigenvalue weighted by Gasteiger charge is 2.12. The van der Waals surface area contributed by atoms with E-state index in [1.165, 1.54) is 0 Å². The Morgan fingerprint density at radius 2 is 2.33 bits per heavy atom. The summed E-state index contributed by atoms with van der Waals surface area (Å²) >= 11 is 8.62. The van der Waals surface area contributed by atoms with Crippen molar-refractivity contribution in [2.75, 3.05) is 11.1 Å². The number of anilines is 1. The predicted octanol–water partition coefficient (Wildman–Crippen LogP) is 3.20. The second-order valence-electron chi connectivity index (χ2n) is 4.67. The van der Waals surface area contributed by atoms with Crippen molar-refractivity contribution in [1.29, 1.82) is 0 Å². The van der Waals surface area contributed by atoms with Gasteiger partial charge in [-0.2, -0.15) is 0 Å². The number of hydrogen-bond donors (Lipinski definition) is 1. The topological polar surface area (TPSA) is 93.8 Å². The van der Waals surface area contributed by atoms with Gasteiger partial charge in [0.1, 0.15) is 0 Å². The van der Waals surface area contributed by atoms with E-state index >= 15 is 0 Å². The number of pyridine rings is 1. The normalized spacial score (nSPS) is 10.8. The van der Waals surface area contributed by atoms with Crippen LogP contribution < -0.4 is 5.32 Å². The van der Waals surface area contributed by atoms with Crippen molar-refractivity contribution in [3.8, 4) is 0 Å². The number of hydrogen-bond acceptors (Lipinski definition) is 8. The lowest BCUT2D eigenvalue weighted by Gasteiger charge is -2.04. The lowest BCUT2D eigenvalue weighted by molar-refractivity contribution is -0.113. The Morgan fingerprint density at radius 3 is 3.08 bits per heavy atom. The minimum Gasteiger partial charge on any atom is -0.416 e. The van der Waals surface area contributed by atoms with Crippen molar-refractivity contribution in [2.24, 2.45) is 0 Å². The van der Waals surface area contributed by atoms with E-state index in [0.717, 1.165) is 22.5 Å². The lowest BCUT2D eigenvalue weighted by atomic mass is 10.3. The van der Waals surface area contributed by atoms with Gasteiger partial charge < -0.3 is 9.73 Å². The van der Waals surface area contributed by atoms with Gasteiger partial charge in [0.15, 0.2) is 5.15 Å². The van der Waals surface area contributed by atoms with Gasteiger partial charge in [-0.05, 0) is 19.1 Å². The molecule has 0 spiro atoms. The Hall–Kier alpha value is -1.97. The van der Waals surface area contributed by atoms with Gasteiger partial charge in [0, 0.05) is 11.6 Å². The molecule has 0 aliphatic rings. The van der Waals surface area contributed by atoms with Crippen LogP contribution in [-0.4, -0.2) is 31.8 Å². The van der Waals surface area contributed by atoms with Crippen molar-refractivity contribution in [3.63, 3.8) is 0 Å². The number of rotatable bonds is 6. The van der Waals surface area contributed by atoms with Crippen LogP contribution in [0.3, 0.4) is 0 Å². The van der Waals surface area contributed by atoms with Crippen LogP contribution in [0.4, 0.5) is 5.69 Å². The number of amides is 1. The number of halogens is 1. The summed E-state index contributed by atoms with van der Waals surface area (Å²) in [6.07, 6.45) is 2.03. The third kappa shape index (κ3) is 4.53. The summed E-state index contributed by atoms with van der Waals surface area (Å²) in [5, 5.41) is 14.1. The first-order chi connectivity index (χ1) is 11.6. The maximum Gasteiger partial charge on any atom is 0.277 e. The zero-order chi connectivity index (χ0) is 16.9. The molecule has 0 fully saturated rings. The number of aryl methyl sites for hydroxylation is 1. The van der Waals surface area contributed by atoms with E-state index in [1.54, 1.807) is 29.7 Å². The largest absolute Gasteiger partial charge is 0.416 e. The van der Waals surface area contributed by atoms with Gasteiger partial charge in [0.2, 0.25) is 11.8 Å². The van der Waals surface area contributed by atoms with Gasteiger partial charge in [0.05, 0.1) is 28.6 Å². The molecule has 10 heteroatoms. The van der Waals surface area contributed by atoms with E-state index in [1.807, 2.05) is 12.3 Å². The molecule has 0 unspecified atom stereocenters. The summed E-state index contributed by atoms with van der Waals surface area (Å²) in [5.41, 5.74) is 1.36.